The van der Waals surface area contributed by atoms with Gasteiger partial charge in [0.2, 0.25) is 0 Å². The zero-order valence-corrected chi connectivity index (χ0v) is 15.0. The normalized spacial score (nSPS) is 12.2. The maximum absolute atomic E-state index is 5.30. The first-order valence-corrected chi connectivity index (χ1v) is 9.33. The minimum Gasteiger partial charge on any atom is -0.481 e. The van der Waals surface area contributed by atoms with Crippen LogP contribution in [-0.2, 0) is 0 Å². The highest BCUT2D eigenvalue weighted by Gasteiger charge is 2.11. The Bertz CT molecular complexity index is 544. The van der Waals surface area contributed by atoms with Crippen molar-refractivity contribution in [1.29, 1.82) is 0 Å². The summed E-state index contributed by atoms with van der Waals surface area (Å²) >= 11 is 10.2. The van der Waals surface area contributed by atoms with Crippen LogP contribution in [0.2, 0.25) is 0 Å². The second-order valence-electron chi connectivity index (χ2n) is 3.66. The van der Waals surface area contributed by atoms with E-state index < -0.39 is 0 Å². The molecule has 0 atom stereocenters. The van der Waals surface area contributed by atoms with Gasteiger partial charge in [-0.05, 0) is 48.7 Å². The lowest BCUT2D eigenvalue weighted by molar-refractivity contribution is 0.397. The van der Waals surface area contributed by atoms with Crippen LogP contribution in [0.3, 0.4) is 0 Å². The highest BCUT2D eigenvalue weighted by atomic mass is 79.9. The van der Waals surface area contributed by atoms with Crippen molar-refractivity contribution in [1.82, 2.24) is 0 Å². The molecule has 1 aliphatic heterocycles. The summed E-state index contributed by atoms with van der Waals surface area (Å²) in [5, 5.41) is 0. The summed E-state index contributed by atoms with van der Waals surface area (Å²) in [6.45, 7) is 0. The summed E-state index contributed by atoms with van der Waals surface area (Å²) in [4.78, 5) is 2.53. The fraction of sp³-hybridized carbons (Fsp3) is 0.143. The number of rotatable bonds is 1. The molecule has 1 heterocycles. The predicted molar refractivity (Wildman–Crippen MR) is 91.4 cm³/mol. The van der Waals surface area contributed by atoms with Crippen LogP contribution in [-0.4, -0.2) is 12.2 Å². The fourth-order valence-electron chi connectivity index (χ4n) is 1.44. The van der Waals surface area contributed by atoms with Gasteiger partial charge in [0.05, 0.1) is 4.90 Å². The van der Waals surface area contributed by atoms with Crippen molar-refractivity contribution in [2.75, 3.05) is 12.2 Å². The third-order valence-corrected chi connectivity index (χ3v) is 5.02. The summed E-state index contributed by atoms with van der Waals surface area (Å²) < 4.78 is 7.55. The zero-order valence-electron chi connectivity index (χ0n) is 10.2. The maximum Gasteiger partial charge on any atom is 0.138 e. The third kappa shape index (κ3) is 4.74. The predicted octanol–water partition coefficient (Wildman–Crippen LogP) is 6.06. The number of hydrogen-bond donors (Lipinski definition) is 0. The van der Waals surface area contributed by atoms with E-state index in [0.29, 0.717) is 0 Å². The van der Waals surface area contributed by atoms with Crippen LogP contribution in [0.1, 0.15) is 0 Å². The van der Waals surface area contributed by atoms with Crippen LogP contribution < -0.4 is 4.74 Å². The molecule has 5 heteroatoms. The molecule has 0 N–H and O–H groups in total. The number of benzene rings is 2. The Hall–Kier alpha value is -0.100. The molecule has 2 aromatic rings. The van der Waals surface area contributed by atoms with E-state index in [9.17, 15) is 0 Å². The number of thioether (sulfide) groups is 2. The van der Waals surface area contributed by atoms with E-state index in [-0.39, 0.29) is 0 Å². The molecule has 19 heavy (non-hydrogen) atoms. The lowest BCUT2D eigenvalue weighted by Crippen LogP contribution is -1.81. The summed E-state index contributed by atoms with van der Waals surface area (Å²) in [6, 6.07) is 14.3. The van der Waals surface area contributed by atoms with E-state index in [4.69, 9.17) is 4.74 Å². The summed E-state index contributed by atoms with van der Waals surface area (Å²) in [7, 11) is 0. The largest absolute Gasteiger partial charge is 0.481 e. The monoisotopic (exact) mass is 418 g/mol. The molecule has 0 aliphatic carbocycles. The summed E-state index contributed by atoms with van der Waals surface area (Å²) in [5.74, 6) is 1.76. The molecule has 1 aliphatic rings. The van der Waals surface area contributed by atoms with Crippen LogP contribution in [0, 0.1) is 0 Å². The lowest BCUT2D eigenvalue weighted by atomic mass is 10.3. The molecular weight excluding hydrogens is 408 g/mol. The Morgan fingerprint density at radius 1 is 1.05 bits per heavy atom. The van der Waals surface area contributed by atoms with Crippen molar-refractivity contribution in [2.24, 2.45) is 0 Å². The molecule has 0 saturated carbocycles. The standard InChI is InChI=1S/C7H5BrOS.C7H7BrS/c8-5-1-2-6-7(3-5)10-4-9-6;1-9-7-4-2-6(8)3-5-7/h1-3H,4H2;2-5H,1H3. The summed E-state index contributed by atoms with van der Waals surface area (Å²) in [6.07, 6.45) is 2.07. The van der Waals surface area contributed by atoms with Crippen molar-refractivity contribution in [3.8, 4) is 5.75 Å². The van der Waals surface area contributed by atoms with Gasteiger partial charge in [0.1, 0.15) is 11.7 Å². The first kappa shape index (κ1) is 15.3. The van der Waals surface area contributed by atoms with Gasteiger partial charge in [-0.2, -0.15) is 0 Å². The lowest BCUT2D eigenvalue weighted by Gasteiger charge is -1.95. The van der Waals surface area contributed by atoms with Crippen molar-refractivity contribution in [2.45, 2.75) is 9.79 Å². The van der Waals surface area contributed by atoms with Crippen molar-refractivity contribution in [3.05, 3.63) is 51.4 Å². The van der Waals surface area contributed by atoms with Gasteiger partial charge in [0.25, 0.3) is 0 Å². The molecular formula is C14H12Br2OS2. The number of fused-ring (bicyclic) bond motifs is 1. The molecule has 0 fully saturated rings. The van der Waals surface area contributed by atoms with Gasteiger partial charge in [0.15, 0.2) is 0 Å². The highest BCUT2D eigenvalue weighted by molar-refractivity contribution is 9.10. The van der Waals surface area contributed by atoms with Gasteiger partial charge in [-0.25, -0.2) is 0 Å². The molecule has 1 nitrogen and oxygen atoms in total. The van der Waals surface area contributed by atoms with Gasteiger partial charge in [0, 0.05) is 13.8 Å². The zero-order chi connectivity index (χ0) is 13.7. The Labute approximate surface area is 138 Å². The Morgan fingerprint density at radius 3 is 2.42 bits per heavy atom. The van der Waals surface area contributed by atoms with E-state index in [1.165, 1.54) is 9.79 Å². The summed E-state index contributed by atoms with van der Waals surface area (Å²) in [5.41, 5.74) is 0. The second-order valence-corrected chi connectivity index (χ2v) is 7.33. The molecule has 0 bridgehead atoms. The molecule has 0 aromatic heterocycles. The molecule has 0 unspecified atom stereocenters. The van der Waals surface area contributed by atoms with E-state index in [2.05, 4.69) is 56.3 Å². The van der Waals surface area contributed by atoms with Crippen molar-refractivity contribution < 1.29 is 4.74 Å². The SMILES string of the molecule is Brc1ccc2c(c1)SCO2.CSc1ccc(Br)cc1. The van der Waals surface area contributed by atoms with E-state index in [0.717, 1.165) is 20.6 Å². The molecule has 0 radical (unpaired) electrons. The van der Waals surface area contributed by atoms with Gasteiger partial charge >= 0.3 is 0 Å². The van der Waals surface area contributed by atoms with Gasteiger partial charge in [-0.3, -0.25) is 0 Å². The first-order chi connectivity index (χ1) is 9.19. The molecule has 0 spiro atoms. The average Bonchev–Trinajstić information content (AvgIpc) is 2.87. The van der Waals surface area contributed by atoms with Crippen LogP contribution in [0.25, 0.3) is 0 Å². The van der Waals surface area contributed by atoms with Crippen LogP contribution in [0.4, 0.5) is 0 Å². The quantitative estimate of drug-likeness (QED) is 0.519. The molecule has 0 amide bonds. The van der Waals surface area contributed by atoms with E-state index >= 15 is 0 Å². The minimum atomic E-state index is 0.756. The molecule has 100 valence electrons. The Kier molecular flexibility index (Phi) is 6.13. The van der Waals surface area contributed by atoms with Crippen molar-refractivity contribution >= 4 is 55.4 Å². The number of hydrogen-bond acceptors (Lipinski definition) is 3. The average molecular weight is 420 g/mol. The van der Waals surface area contributed by atoms with Crippen LogP contribution in [0.5, 0.6) is 5.75 Å². The van der Waals surface area contributed by atoms with Gasteiger partial charge in [-0.1, -0.05) is 43.6 Å². The van der Waals surface area contributed by atoms with Crippen LogP contribution >= 0.6 is 55.4 Å². The number of ether oxygens (including phenoxy) is 1. The fourth-order valence-corrected chi connectivity index (χ4v) is 3.42. The second kappa shape index (κ2) is 7.62. The van der Waals surface area contributed by atoms with Crippen molar-refractivity contribution in [3.63, 3.8) is 0 Å². The first-order valence-electron chi connectivity index (χ1n) is 5.54. The maximum atomic E-state index is 5.30. The van der Waals surface area contributed by atoms with E-state index in [1.807, 2.05) is 24.3 Å². The Morgan fingerprint density at radius 2 is 1.74 bits per heavy atom. The Balaban J connectivity index is 0.000000141. The molecule has 2 aromatic carbocycles. The third-order valence-electron chi connectivity index (χ3n) is 2.38. The van der Waals surface area contributed by atoms with Gasteiger partial charge < -0.3 is 4.74 Å². The van der Waals surface area contributed by atoms with Gasteiger partial charge in [-0.15, -0.1) is 11.8 Å². The highest BCUT2D eigenvalue weighted by Crippen LogP contribution is 2.37. The van der Waals surface area contributed by atoms with Crippen LogP contribution in [0.15, 0.2) is 61.2 Å². The topological polar surface area (TPSA) is 9.23 Å². The smallest absolute Gasteiger partial charge is 0.138 e. The minimum absolute atomic E-state index is 0.756. The molecule has 0 saturated heterocycles. The number of halogens is 2. The van der Waals surface area contributed by atoms with E-state index in [1.54, 1.807) is 23.5 Å². The molecule has 3 rings (SSSR count).